The van der Waals surface area contributed by atoms with Crippen LogP contribution < -0.4 is 5.14 Å². The van der Waals surface area contributed by atoms with E-state index in [1.54, 1.807) is 18.2 Å². The summed E-state index contributed by atoms with van der Waals surface area (Å²) >= 11 is 12.6. The van der Waals surface area contributed by atoms with Crippen molar-refractivity contribution in [2.45, 2.75) is 4.90 Å². The number of nitrogens with two attached hydrogens (primary N) is 1. The van der Waals surface area contributed by atoms with Gasteiger partial charge in [-0.2, -0.15) is 0 Å². The molecule has 28 heavy (non-hydrogen) atoms. The molecule has 0 spiro atoms. The molecule has 140 valence electrons. The molecular weight excluding hydrogens is 415 g/mol. The molecule has 0 aliphatic heterocycles. The number of benzene rings is 3. The van der Waals surface area contributed by atoms with Gasteiger partial charge >= 0.3 is 0 Å². The number of fused-ring (bicyclic) bond motifs is 1. The smallest absolute Gasteiger partial charge is 0.238 e. The fraction of sp³-hybridized carbons (Fsp3) is 0. The van der Waals surface area contributed by atoms with Gasteiger partial charge in [-0.05, 0) is 48.0 Å². The Bertz CT molecular complexity index is 1300. The second-order valence-electron chi connectivity index (χ2n) is 6.27. The van der Waals surface area contributed by atoms with E-state index in [-0.39, 0.29) is 4.90 Å². The maximum absolute atomic E-state index is 11.5. The highest BCUT2D eigenvalue weighted by atomic mass is 35.5. The number of sulfonamides is 1. The van der Waals surface area contributed by atoms with Gasteiger partial charge in [-0.15, -0.1) is 0 Å². The second kappa shape index (κ2) is 7.18. The minimum atomic E-state index is -3.75. The predicted octanol–water partition coefficient (Wildman–Crippen LogP) is 5.52. The number of halogens is 2. The Labute approximate surface area is 172 Å². The van der Waals surface area contributed by atoms with Crippen LogP contribution in [0.25, 0.3) is 33.3 Å². The molecular formula is C21H14Cl2N2O2S. The van der Waals surface area contributed by atoms with Crippen molar-refractivity contribution in [2.24, 2.45) is 5.14 Å². The summed E-state index contributed by atoms with van der Waals surface area (Å²) in [6.07, 6.45) is 0. The quantitative estimate of drug-likeness (QED) is 0.466. The summed E-state index contributed by atoms with van der Waals surface area (Å²) in [4.78, 5) is 4.76. The second-order valence-corrected chi connectivity index (χ2v) is 8.67. The highest BCUT2D eigenvalue weighted by Gasteiger charge is 2.13. The molecule has 0 amide bonds. The molecule has 0 unspecified atom stereocenters. The van der Waals surface area contributed by atoms with Crippen LogP contribution in [0.5, 0.6) is 0 Å². The Kier molecular flexibility index (Phi) is 4.85. The summed E-state index contributed by atoms with van der Waals surface area (Å²) in [5.74, 6) is 0. The average molecular weight is 429 g/mol. The van der Waals surface area contributed by atoms with E-state index in [2.05, 4.69) is 0 Å². The Morgan fingerprint density at radius 3 is 2.21 bits per heavy atom. The van der Waals surface area contributed by atoms with E-state index >= 15 is 0 Å². The number of hydrogen-bond acceptors (Lipinski definition) is 3. The van der Waals surface area contributed by atoms with E-state index in [1.807, 2.05) is 42.5 Å². The lowest BCUT2D eigenvalue weighted by atomic mass is 9.98. The highest BCUT2D eigenvalue weighted by molar-refractivity contribution is 7.89. The van der Waals surface area contributed by atoms with Crippen molar-refractivity contribution >= 4 is 44.1 Å². The SMILES string of the molecule is NS(=O)(=O)c1ccc(-c2cc(-c3ccccc3Cl)c3cc(Cl)ccc3n2)cc1. The normalized spacial score (nSPS) is 11.7. The summed E-state index contributed by atoms with van der Waals surface area (Å²) in [5.41, 5.74) is 3.96. The summed E-state index contributed by atoms with van der Waals surface area (Å²) in [7, 11) is -3.75. The van der Waals surface area contributed by atoms with Crippen LogP contribution in [0.2, 0.25) is 10.0 Å². The zero-order valence-electron chi connectivity index (χ0n) is 14.4. The molecule has 7 heteroatoms. The molecule has 0 atom stereocenters. The summed E-state index contributed by atoms with van der Waals surface area (Å²) in [6.45, 7) is 0. The zero-order valence-corrected chi connectivity index (χ0v) is 16.8. The van der Waals surface area contributed by atoms with Gasteiger partial charge in [0.05, 0.1) is 16.1 Å². The zero-order chi connectivity index (χ0) is 19.9. The van der Waals surface area contributed by atoms with Crippen LogP contribution in [-0.4, -0.2) is 13.4 Å². The van der Waals surface area contributed by atoms with E-state index in [1.165, 1.54) is 12.1 Å². The summed E-state index contributed by atoms with van der Waals surface area (Å²) in [6, 6.07) is 21.2. The number of aromatic nitrogens is 1. The molecule has 3 aromatic carbocycles. The van der Waals surface area contributed by atoms with Crippen LogP contribution in [-0.2, 0) is 10.0 Å². The molecule has 0 aliphatic rings. The molecule has 2 N–H and O–H groups in total. The van der Waals surface area contributed by atoms with Gasteiger partial charge in [0.25, 0.3) is 0 Å². The van der Waals surface area contributed by atoms with Crippen molar-refractivity contribution < 1.29 is 8.42 Å². The minimum Gasteiger partial charge on any atom is -0.248 e. The molecule has 4 rings (SSSR count). The van der Waals surface area contributed by atoms with E-state index in [0.717, 1.165) is 27.6 Å². The Hall–Kier alpha value is -2.44. The van der Waals surface area contributed by atoms with Gasteiger partial charge in [-0.3, -0.25) is 0 Å². The van der Waals surface area contributed by atoms with Crippen LogP contribution in [0.1, 0.15) is 0 Å². The maximum atomic E-state index is 11.5. The van der Waals surface area contributed by atoms with Crippen LogP contribution in [0.3, 0.4) is 0 Å². The molecule has 4 nitrogen and oxygen atoms in total. The Balaban J connectivity index is 1.96. The summed E-state index contributed by atoms with van der Waals surface area (Å²) < 4.78 is 23.0. The first-order valence-electron chi connectivity index (χ1n) is 8.31. The first kappa shape index (κ1) is 18.9. The first-order chi connectivity index (χ1) is 13.3. The molecule has 0 saturated carbocycles. The standard InChI is InChI=1S/C21H14Cl2N2O2S/c22-14-7-10-20-18(11-14)17(16-3-1-2-4-19(16)23)12-21(25-20)13-5-8-15(9-6-13)28(24,26)27/h1-12H,(H2,24,26,27). The lowest BCUT2D eigenvalue weighted by Crippen LogP contribution is -2.11. The molecule has 0 radical (unpaired) electrons. The van der Waals surface area contributed by atoms with Gasteiger partial charge in [0.1, 0.15) is 0 Å². The Morgan fingerprint density at radius 2 is 1.54 bits per heavy atom. The minimum absolute atomic E-state index is 0.0511. The van der Waals surface area contributed by atoms with Gasteiger partial charge in [-0.25, -0.2) is 18.5 Å². The van der Waals surface area contributed by atoms with E-state index in [0.29, 0.717) is 15.7 Å². The molecule has 1 heterocycles. The van der Waals surface area contributed by atoms with E-state index in [9.17, 15) is 8.42 Å². The van der Waals surface area contributed by atoms with Crippen molar-refractivity contribution in [1.82, 2.24) is 4.98 Å². The van der Waals surface area contributed by atoms with Crippen LogP contribution in [0.4, 0.5) is 0 Å². The Morgan fingerprint density at radius 1 is 0.821 bits per heavy atom. The largest absolute Gasteiger partial charge is 0.248 e. The summed E-state index contributed by atoms with van der Waals surface area (Å²) in [5, 5.41) is 7.28. The van der Waals surface area contributed by atoms with Gasteiger partial charge in [0.15, 0.2) is 0 Å². The maximum Gasteiger partial charge on any atom is 0.238 e. The monoisotopic (exact) mass is 428 g/mol. The average Bonchev–Trinajstić information content (AvgIpc) is 2.67. The fourth-order valence-electron chi connectivity index (χ4n) is 3.06. The highest BCUT2D eigenvalue weighted by Crippen LogP contribution is 2.36. The third kappa shape index (κ3) is 3.62. The number of pyridine rings is 1. The van der Waals surface area contributed by atoms with E-state index in [4.69, 9.17) is 33.3 Å². The lowest BCUT2D eigenvalue weighted by molar-refractivity contribution is 0.598. The molecule has 4 aromatic rings. The molecule has 0 bridgehead atoms. The predicted molar refractivity (Wildman–Crippen MR) is 114 cm³/mol. The van der Waals surface area contributed by atoms with Gasteiger partial charge in [0.2, 0.25) is 10.0 Å². The number of rotatable bonds is 3. The van der Waals surface area contributed by atoms with Crippen LogP contribution in [0, 0.1) is 0 Å². The topological polar surface area (TPSA) is 73.1 Å². The first-order valence-corrected chi connectivity index (χ1v) is 10.6. The van der Waals surface area contributed by atoms with Crippen molar-refractivity contribution in [3.8, 4) is 22.4 Å². The number of primary sulfonamides is 1. The van der Waals surface area contributed by atoms with Gasteiger partial charge in [0, 0.05) is 26.6 Å². The third-order valence-electron chi connectivity index (χ3n) is 4.41. The lowest BCUT2D eigenvalue weighted by Gasteiger charge is -2.12. The van der Waals surface area contributed by atoms with Crippen LogP contribution in [0.15, 0.2) is 77.7 Å². The van der Waals surface area contributed by atoms with Crippen molar-refractivity contribution in [3.63, 3.8) is 0 Å². The van der Waals surface area contributed by atoms with E-state index < -0.39 is 10.0 Å². The third-order valence-corrected chi connectivity index (χ3v) is 5.91. The molecule has 1 aromatic heterocycles. The fourth-order valence-corrected chi connectivity index (χ4v) is 3.99. The van der Waals surface area contributed by atoms with Crippen molar-refractivity contribution in [1.29, 1.82) is 0 Å². The van der Waals surface area contributed by atoms with Gasteiger partial charge in [-0.1, -0.05) is 53.5 Å². The van der Waals surface area contributed by atoms with Crippen LogP contribution >= 0.6 is 23.2 Å². The molecule has 0 saturated heterocycles. The molecule has 0 fully saturated rings. The van der Waals surface area contributed by atoms with Crippen molar-refractivity contribution in [2.75, 3.05) is 0 Å². The molecule has 0 aliphatic carbocycles. The number of hydrogen-bond donors (Lipinski definition) is 1. The number of nitrogens with zero attached hydrogens (tertiary/aromatic N) is 1. The van der Waals surface area contributed by atoms with Crippen molar-refractivity contribution in [3.05, 3.63) is 82.8 Å². The van der Waals surface area contributed by atoms with Gasteiger partial charge < -0.3 is 0 Å².